The predicted octanol–water partition coefficient (Wildman–Crippen LogP) is 3.16. The Labute approximate surface area is 215 Å². The first kappa shape index (κ1) is 28.1. The standard InChI is InChI=1S/C26H41N5O4S/c1-21(2)18-31-23(17-27-25(31)36(33,34)20-22-9-7-6-8-10-22)19-30(24(32)28-26(3,4)5)12-11-29-13-15-35-16-14-29/h6-10,17,21H,11-16,18-20H2,1-5H3,(H,28,32). The summed E-state index contributed by atoms with van der Waals surface area (Å²) in [5, 5.41) is 3.11. The van der Waals surface area contributed by atoms with Gasteiger partial charge in [0.05, 0.1) is 37.4 Å². The maximum Gasteiger partial charge on any atom is 0.318 e. The maximum atomic E-state index is 13.4. The van der Waals surface area contributed by atoms with Gasteiger partial charge >= 0.3 is 6.03 Å². The van der Waals surface area contributed by atoms with Crippen molar-refractivity contribution in [3.8, 4) is 0 Å². The van der Waals surface area contributed by atoms with Crippen LogP contribution in [0.15, 0.2) is 41.7 Å². The fraction of sp³-hybridized carbons (Fsp3) is 0.615. The zero-order valence-corrected chi connectivity index (χ0v) is 23.1. The van der Waals surface area contributed by atoms with Crippen LogP contribution in [0.5, 0.6) is 0 Å². The minimum absolute atomic E-state index is 0.0550. The molecule has 1 aromatic carbocycles. The van der Waals surface area contributed by atoms with Crippen molar-refractivity contribution in [3.05, 3.63) is 47.8 Å². The van der Waals surface area contributed by atoms with Gasteiger partial charge in [-0.2, -0.15) is 0 Å². The second kappa shape index (κ2) is 12.2. The SMILES string of the molecule is CC(C)Cn1c(CN(CCN2CCOCC2)C(=O)NC(C)(C)C)cnc1S(=O)(=O)Cc1ccccc1. The zero-order chi connectivity index (χ0) is 26.3. The summed E-state index contributed by atoms with van der Waals surface area (Å²) in [5.74, 6) is 0.0852. The Bertz CT molecular complexity index is 1090. The van der Waals surface area contributed by atoms with Gasteiger partial charge in [-0.05, 0) is 32.3 Å². The van der Waals surface area contributed by atoms with Crippen molar-refractivity contribution < 1.29 is 17.9 Å². The highest BCUT2D eigenvalue weighted by Crippen LogP contribution is 2.20. The van der Waals surface area contributed by atoms with Crippen molar-refractivity contribution in [2.75, 3.05) is 39.4 Å². The summed E-state index contributed by atoms with van der Waals surface area (Å²) in [6.07, 6.45) is 1.60. The Morgan fingerprint density at radius 2 is 1.83 bits per heavy atom. The molecule has 0 bridgehead atoms. The number of urea groups is 1. The molecule has 0 atom stereocenters. The Morgan fingerprint density at radius 1 is 1.17 bits per heavy atom. The van der Waals surface area contributed by atoms with Gasteiger partial charge in [-0.1, -0.05) is 44.2 Å². The van der Waals surface area contributed by atoms with E-state index in [-0.39, 0.29) is 29.4 Å². The first-order valence-electron chi connectivity index (χ1n) is 12.6. The summed E-state index contributed by atoms with van der Waals surface area (Å²) in [6, 6.07) is 8.95. The van der Waals surface area contributed by atoms with Gasteiger partial charge in [-0.25, -0.2) is 18.2 Å². The van der Waals surface area contributed by atoms with Crippen molar-refractivity contribution in [1.29, 1.82) is 0 Å². The van der Waals surface area contributed by atoms with Gasteiger partial charge < -0.3 is 19.5 Å². The third-order valence-corrected chi connectivity index (χ3v) is 7.43. The molecular formula is C26H41N5O4S. The number of nitrogens with zero attached hydrogens (tertiary/aromatic N) is 4. The Morgan fingerprint density at radius 3 is 2.44 bits per heavy atom. The number of morpholine rings is 1. The molecule has 0 aliphatic carbocycles. The normalized spacial score (nSPS) is 15.3. The lowest BCUT2D eigenvalue weighted by molar-refractivity contribution is 0.0344. The molecule has 36 heavy (non-hydrogen) atoms. The molecule has 200 valence electrons. The number of imidazole rings is 1. The van der Waals surface area contributed by atoms with Crippen LogP contribution in [0, 0.1) is 5.92 Å². The number of rotatable bonds is 10. The van der Waals surface area contributed by atoms with Gasteiger partial charge in [0.15, 0.2) is 0 Å². The second-order valence-corrected chi connectivity index (χ2v) is 12.7. The van der Waals surface area contributed by atoms with E-state index in [0.29, 0.717) is 32.0 Å². The van der Waals surface area contributed by atoms with E-state index in [9.17, 15) is 13.2 Å². The number of sulfone groups is 1. The molecule has 2 amide bonds. The van der Waals surface area contributed by atoms with Crippen molar-refractivity contribution in [2.45, 2.75) is 64.2 Å². The molecule has 9 nitrogen and oxygen atoms in total. The number of amides is 2. The van der Waals surface area contributed by atoms with Crippen LogP contribution >= 0.6 is 0 Å². The Balaban J connectivity index is 1.87. The molecule has 1 saturated heterocycles. The maximum absolute atomic E-state index is 13.4. The van der Waals surface area contributed by atoms with E-state index < -0.39 is 15.4 Å². The summed E-state index contributed by atoms with van der Waals surface area (Å²) in [4.78, 5) is 21.6. The monoisotopic (exact) mass is 519 g/mol. The number of carbonyl (C=O) groups excluding carboxylic acids is 1. The highest BCUT2D eigenvalue weighted by atomic mass is 32.2. The van der Waals surface area contributed by atoms with Crippen molar-refractivity contribution in [1.82, 2.24) is 24.7 Å². The Kier molecular flexibility index (Phi) is 9.54. The van der Waals surface area contributed by atoms with Gasteiger partial charge in [0.25, 0.3) is 0 Å². The van der Waals surface area contributed by atoms with Crippen LogP contribution in [-0.4, -0.2) is 78.7 Å². The van der Waals surface area contributed by atoms with Gasteiger partial charge in [0.1, 0.15) is 0 Å². The quantitative estimate of drug-likeness (QED) is 0.518. The molecule has 1 N–H and O–H groups in total. The van der Waals surface area contributed by atoms with Crippen LogP contribution in [0.3, 0.4) is 0 Å². The minimum Gasteiger partial charge on any atom is -0.379 e. The first-order chi connectivity index (χ1) is 16.9. The van der Waals surface area contributed by atoms with Crippen LogP contribution in [0.4, 0.5) is 4.79 Å². The highest BCUT2D eigenvalue weighted by molar-refractivity contribution is 7.90. The number of nitrogens with one attached hydrogen (secondary N) is 1. The molecule has 1 aliphatic rings. The van der Waals surface area contributed by atoms with Gasteiger partial charge in [0, 0.05) is 38.3 Å². The zero-order valence-electron chi connectivity index (χ0n) is 22.2. The fourth-order valence-electron chi connectivity index (χ4n) is 4.12. The molecule has 0 spiro atoms. The number of hydrogen-bond donors (Lipinski definition) is 1. The molecule has 10 heteroatoms. The predicted molar refractivity (Wildman–Crippen MR) is 140 cm³/mol. The van der Waals surface area contributed by atoms with E-state index in [2.05, 4.69) is 15.2 Å². The number of carbonyl (C=O) groups is 1. The molecule has 0 radical (unpaired) electrons. The third-order valence-electron chi connectivity index (χ3n) is 5.84. The number of benzene rings is 1. The topological polar surface area (TPSA) is 96.8 Å². The van der Waals surface area contributed by atoms with Gasteiger partial charge in [-0.15, -0.1) is 0 Å². The van der Waals surface area contributed by atoms with Crippen molar-refractivity contribution in [2.24, 2.45) is 5.92 Å². The van der Waals surface area contributed by atoms with Crippen LogP contribution in [-0.2, 0) is 33.4 Å². The lowest BCUT2D eigenvalue weighted by atomic mass is 10.1. The largest absolute Gasteiger partial charge is 0.379 e. The van der Waals surface area contributed by atoms with E-state index in [4.69, 9.17) is 4.74 Å². The third kappa shape index (κ3) is 8.31. The van der Waals surface area contributed by atoms with Crippen LogP contribution in [0.1, 0.15) is 45.9 Å². The van der Waals surface area contributed by atoms with Crippen molar-refractivity contribution in [3.63, 3.8) is 0 Å². The Hall–Kier alpha value is -2.43. The summed E-state index contributed by atoms with van der Waals surface area (Å²) in [6.45, 7) is 15.0. The van der Waals surface area contributed by atoms with E-state index >= 15 is 0 Å². The fourth-order valence-corrected chi connectivity index (χ4v) is 5.62. The summed E-state index contributed by atoms with van der Waals surface area (Å²) < 4.78 is 33.9. The number of ether oxygens (including phenoxy) is 1. The van der Waals surface area contributed by atoms with E-state index in [0.717, 1.165) is 25.2 Å². The molecule has 2 heterocycles. The number of aromatic nitrogens is 2. The molecule has 1 aliphatic heterocycles. The molecule has 1 aromatic heterocycles. The van der Waals surface area contributed by atoms with Gasteiger partial charge in [-0.3, -0.25) is 4.90 Å². The molecule has 2 aromatic rings. The summed E-state index contributed by atoms with van der Waals surface area (Å²) >= 11 is 0. The van der Waals surface area contributed by atoms with E-state index in [1.807, 2.05) is 52.8 Å². The molecular weight excluding hydrogens is 478 g/mol. The smallest absolute Gasteiger partial charge is 0.318 e. The van der Waals surface area contributed by atoms with Crippen LogP contribution < -0.4 is 5.32 Å². The average Bonchev–Trinajstić information content (AvgIpc) is 3.19. The number of hydrogen-bond acceptors (Lipinski definition) is 6. The van der Waals surface area contributed by atoms with Crippen molar-refractivity contribution >= 4 is 15.9 Å². The summed E-state index contributed by atoms with van der Waals surface area (Å²) in [5.41, 5.74) is 1.03. The van der Waals surface area contributed by atoms with Gasteiger partial charge in [0.2, 0.25) is 15.0 Å². The second-order valence-electron chi connectivity index (χ2n) is 10.8. The highest BCUT2D eigenvalue weighted by Gasteiger charge is 2.27. The minimum atomic E-state index is -3.67. The summed E-state index contributed by atoms with van der Waals surface area (Å²) in [7, 11) is -3.67. The molecule has 0 saturated carbocycles. The van der Waals surface area contributed by atoms with E-state index in [1.165, 1.54) is 0 Å². The van der Waals surface area contributed by atoms with E-state index in [1.54, 1.807) is 27.8 Å². The lowest BCUT2D eigenvalue weighted by Gasteiger charge is -2.32. The first-order valence-corrected chi connectivity index (χ1v) is 14.3. The molecule has 0 unspecified atom stereocenters. The van der Waals surface area contributed by atoms with Crippen LogP contribution in [0.2, 0.25) is 0 Å². The lowest BCUT2D eigenvalue weighted by Crippen LogP contribution is -2.50. The van der Waals surface area contributed by atoms with Crippen LogP contribution in [0.25, 0.3) is 0 Å². The molecule has 1 fully saturated rings. The average molecular weight is 520 g/mol. The molecule has 3 rings (SSSR count).